The van der Waals surface area contributed by atoms with Crippen molar-refractivity contribution in [3.63, 3.8) is 0 Å². The van der Waals surface area contributed by atoms with E-state index in [9.17, 15) is 14.4 Å². The van der Waals surface area contributed by atoms with Gasteiger partial charge in [-0.2, -0.15) is 0 Å². The molecule has 1 aromatic carbocycles. The Morgan fingerprint density at radius 2 is 1.82 bits per heavy atom. The normalized spacial score (nSPS) is 17.0. The zero-order valence-electron chi connectivity index (χ0n) is 12.7. The van der Waals surface area contributed by atoms with Crippen LogP contribution < -0.4 is 4.74 Å². The lowest BCUT2D eigenvalue weighted by molar-refractivity contribution is -0.139. The number of ether oxygens (including phenoxy) is 1. The average Bonchev–Trinajstić information content (AvgIpc) is 2.62. The number of carbonyl (C=O) groups excluding carboxylic acids is 2. The van der Waals surface area contributed by atoms with E-state index in [1.165, 1.54) is 0 Å². The maximum absolute atomic E-state index is 12.4. The molecule has 1 aliphatic rings. The minimum atomic E-state index is -1.16. The van der Waals surface area contributed by atoms with E-state index in [1.807, 2.05) is 0 Å². The molecule has 22 heavy (non-hydrogen) atoms. The Kier molecular flexibility index (Phi) is 4.07. The molecule has 0 spiro atoms. The standard InChI is InChI=1S/C15H18N2O5/c1-15(2)13(20)16(14(21)17(15)9-12(18)19)8-10-4-6-11(22-3)7-5-10/h4-7H,8-9H2,1-3H3,(H,18,19). The number of rotatable bonds is 5. The molecule has 118 valence electrons. The van der Waals surface area contributed by atoms with Crippen molar-refractivity contribution < 1.29 is 24.2 Å². The van der Waals surface area contributed by atoms with Gasteiger partial charge in [-0.15, -0.1) is 0 Å². The summed E-state index contributed by atoms with van der Waals surface area (Å²) in [4.78, 5) is 37.8. The van der Waals surface area contributed by atoms with Crippen molar-refractivity contribution in [2.45, 2.75) is 25.9 Å². The van der Waals surface area contributed by atoms with Gasteiger partial charge >= 0.3 is 12.0 Å². The van der Waals surface area contributed by atoms with Crippen LogP contribution in [0.15, 0.2) is 24.3 Å². The summed E-state index contributed by atoms with van der Waals surface area (Å²) in [6.45, 7) is 2.69. The average molecular weight is 306 g/mol. The van der Waals surface area contributed by atoms with Gasteiger partial charge in [-0.1, -0.05) is 12.1 Å². The summed E-state index contributed by atoms with van der Waals surface area (Å²) in [6.07, 6.45) is 0. The first kappa shape index (κ1) is 15.8. The fourth-order valence-corrected chi connectivity index (χ4v) is 2.37. The molecule has 0 atom stereocenters. The van der Waals surface area contributed by atoms with Gasteiger partial charge in [-0.3, -0.25) is 19.4 Å². The molecule has 2 rings (SSSR count). The SMILES string of the molecule is COc1ccc(CN2C(=O)N(CC(=O)O)C(C)(C)C2=O)cc1. The molecule has 0 bridgehead atoms. The number of aliphatic carboxylic acids is 1. The fourth-order valence-electron chi connectivity index (χ4n) is 2.37. The molecule has 0 aromatic heterocycles. The molecule has 3 amide bonds. The molecule has 7 nitrogen and oxygen atoms in total. The first-order valence-electron chi connectivity index (χ1n) is 6.75. The van der Waals surface area contributed by atoms with Crippen LogP contribution in [-0.2, 0) is 16.1 Å². The van der Waals surface area contributed by atoms with Crippen molar-refractivity contribution in [2.24, 2.45) is 0 Å². The van der Waals surface area contributed by atoms with Gasteiger partial charge in [0.2, 0.25) is 0 Å². The van der Waals surface area contributed by atoms with Crippen molar-refractivity contribution in [3.8, 4) is 5.75 Å². The van der Waals surface area contributed by atoms with Gasteiger partial charge < -0.3 is 9.84 Å². The number of amides is 3. The summed E-state index contributed by atoms with van der Waals surface area (Å²) in [5, 5.41) is 8.91. The molecule has 0 radical (unpaired) electrons. The third-order valence-corrected chi connectivity index (χ3v) is 3.70. The third-order valence-electron chi connectivity index (χ3n) is 3.70. The molecular weight excluding hydrogens is 288 g/mol. The Balaban J connectivity index is 2.21. The second-order valence-corrected chi connectivity index (χ2v) is 5.56. The molecular formula is C15H18N2O5. The van der Waals surface area contributed by atoms with Crippen LogP contribution in [0, 0.1) is 0 Å². The molecule has 1 fully saturated rings. The van der Waals surface area contributed by atoms with Gasteiger partial charge in [0.05, 0.1) is 13.7 Å². The Morgan fingerprint density at radius 3 is 2.32 bits per heavy atom. The number of hydrogen-bond donors (Lipinski definition) is 1. The van der Waals surface area contributed by atoms with E-state index in [0.29, 0.717) is 5.75 Å². The largest absolute Gasteiger partial charge is 0.497 e. The molecule has 1 N–H and O–H groups in total. The Hall–Kier alpha value is -2.57. The second kappa shape index (κ2) is 5.67. The van der Waals surface area contributed by atoms with Crippen LogP contribution in [0.5, 0.6) is 5.75 Å². The number of carboxylic acid groups (broad SMARTS) is 1. The summed E-state index contributed by atoms with van der Waals surface area (Å²) < 4.78 is 5.05. The van der Waals surface area contributed by atoms with E-state index in [4.69, 9.17) is 9.84 Å². The van der Waals surface area contributed by atoms with Crippen molar-refractivity contribution in [1.82, 2.24) is 9.80 Å². The first-order valence-corrected chi connectivity index (χ1v) is 6.75. The zero-order valence-corrected chi connectivity index (χ0v) is 12.7. The minimum absolute atomic E-state index is 0.0984. The van der Waals surface area contributed by atoms with Gasteiger partial charge in [-0.25, -0.2) is 4.79 Å². The maximum atomic E-state index is 12.4. The fraction of sp³-hybridized carbons (Fsp3) is 0.400. The monoisotopic (exact) mass is 306 g/mol. The summed E-state index contributed by atoms with van der Waals surface area (Å²) >= 11 is 0. The van der Waals surface area contributed by atoms with Crippen molar-refractivity contribution in [2.75, 3.05) is 13.7 Å². The number of benzene rings is 1. The molecule has 1 heterocycles. The van der Waals surface area contributed by atoms with Crippen LogP contribution >= 0.6 is 0 Å². The number of urea groups is 1. The molecule has 1 aromatic rings. The van der Waals surface area contributed by atoms with E-state index in [1.54, 1.807) is 45.2 Å². The number of imide groups is 1. The van der Waals surface area contributed by atoms with E-state index in [0.717, 1.165) is 15.4 Å². The first-order chi connectivity index (χ1) is 10.3. The lowest BCUT2D eigenvalue weighted by Crippen LogP contribution is -2.46. The van der Waals surface area contributed by atoms with Crippen LogP contribution in [0.4, 0.5) is 4.79 Å². The second-order valence-electron chi connectivity index (χ2n) is 5.56. The van der Waals surface area contributed by atoms with E-state index in [2.05, 4.69) is 0 Å². The number of carboxylic acids is 1. The van der Waals surface area contributed by atoms with Gasteiger partial charge in [0.1, 0.15) is 17.8 Å². The van der Waals surface area contributed by atoms with Crippen LogP contribution in [0.2, 0.25) is 0 Å². The van der Waals surface area contributed by atoms with Crippen LogP contribution in [0.25, 0.3) is 0 Å². The predicted octanol–water partition coefficient (Wildman–Crippen LogP) is 1.32. The molecule has 7 heteroatoms. The Bertz CT molecular complexity index is 609. The van der Waals surface area contributed by atoms with Gasteiger partial charge in [0, 0.05) is 0 Å². The van der Waals surface area contributed by atoms with E-state index in [-0.39, 0.29) is 6.54 Å². The number of nitrogens with zero attached hydrogens (tertiary/aromatic N) is 2. The van der Waals surface area contributed by atoms with Crippen molar-refractivity contribution in [1.29, 1.82) is 0 Å². The molecule has 0 aliphatic carbocycles. The Labute approximate surface area is 128 Å². The summed E-state index contributed by atoms with van der Waals surface area (Å²) in [5.41, 5.74) is -0.405. The van der Waals surface area contributed by atoms with Crippen molar-refractivity contribution >= 4 is 17.9 Å². The quantitative estimate of drug-likeness (QED) is 0.829. The number of methoxy groups -OCH3 is 1. The predicted molar refractivity (Wildman–Crippen MR) is 77.4 cm³/mol. The van der Waals surface area contributed by atoms with E-state index < -0.39 is 30.0 Å². The lowest BCUT2D eigenvalue weighted by Gasteiger charge is -2.25. The smallest absolute Gasteiger partial charge is 0.328 e. The highest BCUT2D eigenvalue weighted by Gasteiger charge is 2.51. The summed E-state index contributed by atoms with van der Waals surface area (Å²) in [5.74, 6) is -0.884. The molecule has 0 unspecified atom stereocenters. The van der Waals surface area contributed by atoms with Crippen LogP contribution in [0.1, 0.15) is 19.4 Å². The van der Waals surface area contributed by atoms with Crippen LogP contribution in [0.3, 0.4) is 0 Å². The zero-order chi connectivity index (χ0) is 16.5. The third kappa shape index (κ3) is 2.74. The summed E-state index contributed by atoms with van der Waals surface area (Å²) in [6, 6.07) is 6.40. The molecule has 0 saturated carbocycles. The highest BCUT2D eigenvalue weighted by Crippen LogP contribution is 2.28. The highest BCUT2D eigenvalue weighted by molar-refractivity contribution is 6.07. The van der Waals surface area contributed by atoms with E-state index >= 15 is 0 Å². The van der Waals surface area contributed by atoms with Gasteiger partial charge in [0.15, 0.2) is 0 Å². The number of carbonyl (C=O) groups is 3. The Morgan fingerprint density at radius 1 is 1.23 bits per heavy atom. The lowest BCUT2D eigenvalue weighted by atomic mass is 10.0. The molecule has 1 aliphatic heterocycles. The minimum Gasteiger partial charge on any atom is -0.497 e. The molecule has 1 saturated heterocycles. The number of hydrogen-bond acceptors (Lipinski definition) is 4. The van der Waals surface area contributed by atoms with Gasteiger partial charge in [-0.05, 0) is 31.5 Å². The van der Waals surface area contributed by atoms with Crippen LogP contribution in [-0.4, -0.2) is 52.0 Å². The maximum Gasteiger partial charge on any atom is 0.328 e. The van der Waals surface area contributed by atoms with Gasteiger partial charge in [0.25, 0.3) is 5.91 Å². The summed E-state index contributed by atoms with van der Waals surface area (Å²) in [7, 11) is 1.55. The highest BCUT2D eigenvalue weighted by atomic mass is 16.5. The topological polar surface area (TPSA) is 87.2 Å². The van der Waals surface area contributed by atoms with Crippen molar-refractivity contribution in [3.05, 3.63) is 29.8 Å².